The lowest BCUT2D eigenvalue weighted by molar-refractivity contribution is 0.561. The van der Waals surface area contributed by atoms with Crippen LogP contribution in [0.4, 0.5) is 0 Å². The van der Waals surface area contributed by atoms with E-state index in [0.29, 0.717) is 5.58 Å². The highest BCUT2D eigenvalue weighted by molar-refractivity contribution is 6.00. The van der Waals surface area contributed by atoms with E-state index in [2.05, 4.69) is 25.0 Å². The van der Waals surface area contributed by atoms with E-state index in [9.17, 15) is 4.79 Å². The van der Waals surface area contributed by atoms with Gasteiger partial charge in [-0.25, -0.2) is 4.79 Å². The Morgan fingerprint density at radius 1 is 0.893 bits per heavy atom. The highest BCUT2D eigenvalue weighted by Gasteiger charge is 2.17. The van der Waals surface area contributed by atoms with Crippen molar-refractivity contribution in [2.45, 2.75) is 20.8 Å². The first-order valence-corrected chi connectivity index (χ1v) is 9.20. The molecule has 0 fully saturated rings. The van der Waals surface area contributed by atoms with Crippen LogP contribution in [0, 0.1) is 33.1 Å². The molecule has 28 heavy (non-hydrogen) atoms. The van der Waals surface area contributed by atoms with Gasteiger partial charge in [-0.2, -0.15) is 0 Å². The molecule has 0 atom stereocenters. The topological polar surface area (TPSA) is 30.2 Å². The van der Waals surface area contributed by atoms with Gasteiger partial charge in [0.15, 0.2) is 0 Å². The van der Waals surface area contributed by atoms with Crippen molar-refractivity contribution >= 4 is 11.0 Å². The minimum Gasteiger partial charge on any atom is -0.423 e. The fourth-order valence-corrected chi connectivity index (χ4v) is 3.94. The second-order valence-corrected chi connectivity index (χ2v) is 7.11. The summed E-state index contributed by atoms with van der Waals surface area (Å²) < 4.78 is 5.56. The van der Waals surface area contributed by atoms with Crippen molar-refractivity contribution in [3.8, 4) is 34.6 Å². The van der Waals surface area contributed by atoms with Crippen molar-refractivity contribution in [3.63, 3.8) is 0 Å². The molecule has 0 unspecified atom stereocenters. The van der Waals surface area contributed by atoms with E-state index in [0.717, 1.165) is 49.9 Å². The lowest BCUT2D eigenvalue weighted by Gasteiger charge is -2.17. The van der Waals surface area contributed by atoms with Crippen LogP contribution in [0.15, 0.2) is 69.9 Å². The summed E-state index contributed by atoms with van der Waals surface area (Å²) >= 11 is 0. The Bertz CT molecular complexity index is 1300. The molecule has 2 heteroatoms. The Balaban J connectivity index is 2.13. The van der Waals surface area contributed by atoms with Crippen molar-refractivity contribution < 1.29 is 4.42 Å². The Morgan fingerprint density at radius 2 is 1.64 bits per heavy atom. The smallest absolute Gasteiger partial charge is 0.336 e. The van der Waals surface area contributed by atoms with Crippen molar-refractivity contribution in [2.24, 2.45) is 0 Å². The Morgan fingerprint density at radius 3 is 2.36 bits per heavy atom. The monoisotopic (exact) mass is 364 g/mol. The highest BCUT2D eigenvalue weighted by atomic mass is 16.4. The molecule has 0 saturated carbocycles. The molecule has 0 amide bonds. The van der Waals surface area contributed by atoms with Crippen LogP contribution in [0.1, 0.15) is 22.3 Å². The van der Waals surface area contributed by atoms with Crippen LogP contribution in [-0.2, 0) is 0 Å². The van der Waals surface area contributed by atoms with Crippen LogP contribution < -0.4 is 5.63 Å². The zero-order valence-electron chi connectivity index (χ0n) is 16.2. The summed E-state index contributed by atoms with van der Waals surface area (Å²) in [4.78, 5) is 12.2. The quantitative estimate of drug-likeness (QED) is 0.321. The average Bonchev–Trinajstić information content (AvgIpc) is 2.68. The minimum absolute atomic E-state index is 0.349. The second kappa shape index (κ2) is 6.87. The highest BCUT2D eigenvalue weighted by Crippen LogP contribution is 2.38. The first-order valence-electron chi connectivity index (χ1n) is 9.20. The van der Waals surface area contributed by atoms with E-state index in [1.165, 1.54) is 0 Å². The summed E-state index contributed by atoms with van der Waals surface area (Å²) in [5.74, 6) is 2.82. The molecular formula is C26H20O2. The van der Waals surface area contributed by atoms with Gasteiger partial charge in [-0.1, -0.05) is 48.4 Å². The molecule has 0 radical (unpaired) electrons. The predicted molar refractivity (Wildman–Crippen MR) is 116 cm³/mol. The van der Waals surface area contributed by atoms with Gasteiger partial charge in [0.2, 0.25) is 0 Å². The summed E-state index contributed by atoms with van der Waals surface area (Å²) in [5.41, 5.74) is 8.29. The van der Waals surface area contributed by atoms with Crippen LogP contribution in [0.5, 0.6) is 0 Å². The van der Waals surface area contributed by atoms with Gasteiger partial charge >= 0.3 is 5.63 Å². The van der Waals surface area contributed by atoms with E-state index < -0.39 is 0 Å². The van der Waals surface area contributed by atoms with Gasteiger partial charge in [0.05, 0.1) is 0 Å². The lowest BCUT2D eigenvalue weighted by atomic mass is 9.87. The molecule has 3 aromatic carbocycles. The molecule has 0 spiro atoms. The van der Waals surface area contributed by atoms with E-state index in [1.807, 2.05) is 56.3 Å². The van der Waals surface area contributed by atoms with Gasteiger partial charge < -0.3 is 4.42 Å². The third-order valence-electron chi connectivity index (χ3n) is 5.17. The second-order valence-electron chi connectivity index (χ2n) is 7.11. The first kappa shape index (κ1) is 17.8. The first-order chi connectivity index (χ1) is 13.5. The Kier molecular flexibility index (Phi) is 4.37. The van der Waals surface area contributed by atoms with Gasteiger partial charge in [-0.15, -0.1) is 6.42 Å². The maximum absolute atomic E-state index is 12.2. The molecule has 0 saturated heterocycles. The van der Waals surface area contributed by atoms with Crippen molar-refractivity contribution in [1.82, 2.24) is 0 Å². The summed E-state index contributed by atoms with van der Waals surface area (Å²) in [6.07, 6.45) is 5.80. The van der Waals surface area contributed by atoms with Crippen LogP contribution in [0.3, 0.4) is 0 Å². The minimum atomic E-state index is -0.349. The largest absolute Gasteiger partial charge is 0.423 e. The molecule has 1 heterocycles. The number of fused-ring (bicyclic) bond motifs is 1. The molecule has 0 N–H and O–H groups in total. The van der Waals surface area contributed by atoms with Gasteiger partial charge in [-0.05, 0) is 66.3 Å². The number of benzene rings is 3. The summed E-state index contributed by atoms with van der Waals surface area (Å²) in [5, 5.41) is 0.940. The van der Waals surface area contributed by atoms with E-state index >= 15 is 0 Å². The molecule has 1 aromatic heterocycles. The number of terminal acetylenes is 1. The van der Waals surface area contributed by atoms with Crippen molar-refractivity contribution in [3.05, 3.63) is 93.3 Å². The fraction of sp³-hybridized carbons (Fsp3) is 0.115. The average molecular weight is 364 g/mol. The molecule has 2 nitrogen and oxygen atoms in total. The van der Waals surface area contributed by atoms with Crippen LogP contribution in [0.2, 0.25) is 0 Å². The maximum Gasteiger partial charge on any atom is 0.336 e. The molecule has 4 rings (SSSR count). The predicted octanol–water partition coefficient (Wildman–Crippen LogP) is 6.03. The fourth-order valence-electron chi connectivity index (χ4n) is 3.94. The number of rotatable bonds is 2. The Hall–Kier alpha value is -3.57. The zero-order valence-corrected chi connectivity index (χ0v) is 16.2. The third kappa shape index (κ3) is 2.92. The molecule has 136 valence electrons. The maximum atomic E-state index is 12.2. The van der Waals surface area contributed by atoms with Crippen molar-refractivity contribution in [2.75, 3.05) is 0 Å². The number of hydrogen-bond donors (Lipinski definition) is 0. The third-order valence-corrected chi connectivity index (χ3v) is 5.17. The number of hydrogen-bond acceptors (Lipinski definition) is 2. The normalized spacial score (nSPS) is 10.8. The summed E-state index contributed by atoms with van der Waals surface area (Å²) in [6, 6.07) is 19.6. The summed E-state index contributed by atoms with van der Waals surface area (Å²) in [6.45, 7) is 6.13. The molecule has 4 aromatic rings. The number of aryl methyl sites for hydroxylation is 3. The van der Waals surface area contributed by atoms with E-state index in [4.69, 9.17) is 10.8 Å². The van der Waals surface area contributed by atoms with E-state index in [1.54, 1.807) is 6.07 Å². The summed E-state index contributed by atoms with van der Waals surface area (Å²) in [7, 11) is 0. The molecule has 0 aliphatic heterocycles. The lowest BCUT2D eigenvalue weighted by Crippen LogP contribution is -2.01. The SMILES string of the molecule is C#Cc1cc(C)ccc1-c1c(C)cc2oc(=O)cc(-c3ccccc3)c2c1C. The molecular weight excluding hydrogens is 344 g/mol. The molecule has 0 aliphatic carbocycles. The van der Waals surface area contributed by atoms with Crippen LogP contribution in [0.25, 0.3) is 33.2 Å². The van der Waals surface area contributed by atoms with Gasteiger partial charge in [0.1, 0.15) is 5.58 Å². The van der Waals surface area contributed by atoms with Gasteiger partial charge in [-0.3, -0.25) is 0 Å². The zero-order chi connectivity index (χ0) is 19.8. The Labute approximate surface area is 164 Å². The van der Waals surface area contributed by atoms with Gasteiger partial charge in [0.25, 0.3) is 0 Å². The van der Waals surface area contributed by atoms with Crippen LogP contribution in [-0.4, -0.2) is 0 Å². The molecule has 0 bridgehead atoms. The molecule has 0 aliphatic rings. The van der Waals surface area contributed by atoms with Gasteiger partial charge in [0, 0.05) is 22.6 Å². The van der Waals surface area contributed by atoms with E-state index in [-0.39, 0.29) is 5.63 Å². The van der Waals surface area contributed by atoms with Crippen LogP contribution >= 0.6 is 0 Å². The standard InChI is InChI=1S/C26H20O2/c1-5-19-13-16(2)11-12-21(19)25-17(3)14-23-26(18(25)4)22(15-24(27)28-23)20-9-7-6-8-10-20/h1,6-15H,2-4H3. The van der Waals surface area contributed by atoms with Crippen molar-refractivity contribution in [1.29, 1.82) is 0 Å².